The Balaban J connectivity index is 2.00. The predicted octanol–water partition coefficient (Wildman–Crippen LogP) is 2.57. The fraction of sp³-hybridized carbons (Fsp3) is 0.562. The van der Waals surface area contributed by atoms with Gasteiger partial charge in [-0.05, 0) is 31.4 Å². The maximum atomic E-state index is 12.6. The van der Waals surface area contributed by atoms with Gasteiger partial charge in [0, 0.05) is 13.1 Å². The predicted molar refractivity (Wildman–Crippen MR) is 77.8 cm³/mol. The van der Waals surface area contributed by atoms with E-state index in [1.54, 1.807) is 0 Å². The first kappa shape index (κ1) is 14.1. The molecule has 1 heterocycles. The highest BCUT2D eigenvalue weighted by Gasteiger charge is 2.25. The Hall–Kier alpha value is -1.35. The van der Waals surface area contributed by atoms with Crippen LogP contribution in [0.2, 0.25) is 0 Å². The second-order valence-corrected chi connectivity index (χ2v) is 5.25. The normalized spacial score (nSPS) is 19.1. The molecule has 1 N–H and O–H groups in total. The second-order valence-electron chi connectivity index (χ2n) is 5.25. The van der Waals surface area contributed by atoms with E-state index in [9.17, 15) is 4.79 Å². The molecule has 0 spiro atoms. The zero-order chi connectivity index (χ0) is 13.5. The van der Waals surface area contributed by atoms with E-state index in [1.165, 1.54) is 12.0 Å². The van der Waals surface area contributed by atoms with Crippen LogP contribution in [-0.2, 0) is 11.3 Å². The highest BCUT2D eigenvalue weighted by molar-refractivity contribution is 5.82. The lowest BCUT2D eigenvalue weighted by Gasteiger charge is -2.30. The number of benzene rings is 1. The molecule has 19 heavy (non-hydrogen) atoms. The SMILES string of the molecule is CCCN(Cc1ccccc1)C(=O)[C@@H]1CCCCN1. The minimum absolute atomic E-state index is 0.0315. The molecule has 0 aromatic heterocycles. The number of nitrogens with zero attached hydrogens (tertiary/aromatic N) is 1. The van der Waals surface area contributed by atoms with Crippen molar-refractivity contribution in [2.45, 2.75) is 45.2 Å². The maximum absolute atomic E-state index is 12.6. The van der Waals surface area contributed by atoms with E-state index in [0.29, 0.717) is 0 Å². The summed E-state index contributed by atoms with van der Waals surface area (Å²) in [6, 6.07) is 10.3. The van der Waals surface area contributed by atoms with Crippen LogP contribution in [0.3, 0.4) is 0 Å². The van der Waals surface area contributed by atoms with Crippen molar-refractivity contribution in [3.63, 3.8) is 0 Å². The summed E-state index contributed by atoms with van der Waals surface area (Å²) in [6.45, 7) is 4.67. The van der Waals surface area contributed by atoms with Crippen LogP contribution < -0.4 is 5.32 Å². The fourth-order valence-corrected chi connectivity index (χ4v) is 2.62. The molecular weight excluding hydrogens is 236 g/mol. The molecule has 1 fully saturated rings. The minimum Gasteiger partial charge on any atom is -0.337 e. The molecular formula is C16H24N2O. The van der Waals surface area contributed by atoms with Crippen LogP contribution in [0.25, 0.3) is 0 Å². The third kappa shape index (κ3) is 4.06. The second kappa shape index (κ2) is 7.29. The van der Waals surface area contributed by atoms with Crippen molar-refractivity contribution in [2.24, 2.45) is 0 Å². The van der Waals surface area contributed by atoms with Crippen molar-refractivity contribution in [2.75, 3.05) is 13.1 Å². The van der Waals surface area contributed by atoms with Crippen LogP contribution in [0.1, 0.15) is 38.2 Å². The molecule has 1 aliphatic heterocycles. The summed E-state index contributed by atoms with van der Waals surface area (Å²) in [6.07, 6.45) is 4.34. The highest BCUT2D eigenvalue weighted by atomic mass is 16.2. The number of piperidine rings is 1. The van der Waals surface area contributed by atoms with Crippen LogP contribution in [-0.4, -0.2) is 29.9 Å². The van der Waals surface area contributed by atoms with Crippen LogP contribution in [0.4, 0.5) is 0 Å². The Morgan fingerprint density at radius 1 is 1.32 bits per heavy atom. The summed E-state index contributed by atoms with van der Waals surface area (Å²) < 4.78 is 0. The minimum atomic E-state index is 0.0315. The van der Waals surface area contributed by atoms with Gasteiger partial charge >= 0.3 is 0 Å². The van der Waals surface area contributed by atoms with E-state index >= 15 is 0 Å². The molecule has 1 saturated heterocycles. The number of carbonyl (C=O) groups excluding carboxylic acids is 1. The summed E-state index contributed by atoms with van der Waals surface area (Å²) in [5.74, 6) is 0.269. The van der Waals surface area contributed by atoms with E-state index in [4.69, 9.17) is 0 Å². The van der Waals surface area contributed by atoms with Crippen molar-refractivity contribution in [1.82, 2.24) is 10.2 Å². The molecule has 0 bridgehead atoms. The van der Waals surface area contributed by atoms with Gasteiger partial charge in [-0.3, -0.25) is 4.79 Å². The Morgan fingerprint density at radius 2 is 2.11 bits per heavy atom. The topological polar surface area (TPSA) is 32.3 Å². The molecule has 0 unspecified atom stereocenters. The molecule has 1 amide bonds. The van der Waals surface area contributed by atoms with Gasteiger partial charge in [0.2, 0.25) is 5.91 Å². The van der Waals surface area contributed by atoms with E-state index in [2.05, 4.69) is 24.4 Å². The molecule has 2 rings (SSSR count). The monoisotopic (exact) mass is 260 g/mol. The van der Waals surface area contributed by atoms with Crippen LogP contribution in [0, 0.1) is 0 Å². The number of nitrogens with one attached hydrogen (secondary N) is 1. The third-order valence-electron chi connectivity index (χ3n) is 3.63. The van der Waals surface area contributed by atoms with Gasteiger partial charge < -0.3 is 10.2 Å². The van der Waals surface area contributed by atoms with Crippen molar-refractivity contribution < 1.29 is 4.79 Å². The van der Waals surface area contributed by atoms with Gasteiger partial charge in [-0.2, -0.15) is 0 Å². The number of amides is 1. The van der Waals surface area contributed by atoms with Crippen molar-refractivity contribution >= 4 is 5.91 Å². The average Bonchev–Trinajstić information content (AvgIpc) is 2.48. The van der Waals surface area contributed by atoms with Crippen LogP contribution >= 0.6 is 0 Å². The summed E-state index contributed by atoms with van der Waals surface area (Å²) >= 11 is 0. The van der Waals surface area contributed by atoms with Gasteiger partial charge in [0.15, 0.2) is 0 Å². The molecule has 1 aliphatic rings. The lowest BCUT2D eigenvalue weighted by atomic mass is 10.0. The summed E-state index contributed by atoms with van der Waals surface area (Å²) in [5, 5.41) is 3.35. The van der Waals surface area contributed by atoms with E-state index in [0.717, 1.165) is 38.9 Å². The van der Waals surface area contributed by atoms with Gasteiger partial charge in [0.1, 0.15) is 0 Å². The lowest BCUT2D eigenvalue weighted by Crippen LogP contribution is -2.48. The van der Waals surface area contributed by atoms with Gasteiger partial charge in [-0.1, -0.05) is 43.7 Å². The lowest BCUT2D eigenvalue weighted by molar-refractivity contribution is -0.134. The van der Waals surface area contributed by atoms with Crippen LogP contribution in [0.15, 0.2) is 30.3 Å². The van der Waals surface area contributed by atoms with Gasteiger partial charge in [0.05, 0.1) is 6.04 Å². The molecule has 0 aliphatic carbocycles. The zero-order valence-corrected chi connectivity index (χ0v) is 11.8. The zero-order valence-electron chi connectivity index (χ0n) is 11.8. The Bertz CT molecular complexity index is 385. The first-order valence-electron chi connectivity index (χ1n) is 7.37. The largest absolute Gasteiger partial charge is 0.337 e. The molecule has 3 heteroatoms. The number of rotatable bonds is 5. The van der Waals surface area contributed by atoms with E-state index < -0.39 is 0 Å². The van der Waals surface area contributed by atoms with E-state index in [-0.39, 0.29) is 11.9 Å². The Kier molecular flexibility index (Phi) is 5.40. The molecule has 0 saturated carbocycles. The first-order chi connectivity index (χ1) is 9.31. The van der Waals surface area contributed by atoms with Gasteiger partial charge in [-0.15, -0.1) is 0 Å². The number of carbonyl (C=O) groups is 1. The fourth-order valence-electron chi connectivity index (χ4n) is 2.62. The van der Waals surface area contributed by atoms with E-state index in [1.807, 2.05) is 23.1 Å². The number of hydrogen-bond acceptors (Lipinski definition) is 2. The average molecular weight is 260 g/mol. The third-order valence-corrected chi connectivity index (χ3v) is 3.63. The Morgan fingerprint density at radius 3 is 2.74 bits per heavy atom. The molecule has 1 atom stereocenters. The van der Waals surface area contributed by atoms with Crippen molar-refractivity contribution in [1.29, 1.82) is 0 Å². The first-order valence-corrected chi connectivity index (χ1v) is 7.37. The van der Waals surface area contributed by atoms with Crippen molar-refractivity contribution in [3.05, 3.63) is 35.9 Å². The van der Waals surface area contributed by atoms with Crippen molar-refractivity contribution in [3.8, 4) is 0 Å². The number of hydrogen-bond donors (Lipinski definition) is 1. The maximum Gasteiger partial charge on any atom is 0.240 e. The summed E-state index contributed by atoms with van der Waals surface area (Å²) in [5.41, 5.74) is 1.21. The van der Waals surface area contributed by atoms with Gasteiger partial charge in [0.25, 0.3) is 0 Å². The molecule has 0 radical (unpaired) electrons. The summed E-state index contributed by atoms with van der Waals surface area (Å²) in [4.78, 5) is 14.6. The Labute approximate surface area is 116 Å². The molecule has 1 aromatic rings. The molecule has 1 aromatic carbocycles. The standard InChI is InChI=1S/C16H24N2O/c1-2-12-18(13-14-8-4-3-5-9-14)16(19)15-10-6-7-11-17-15/h3-5,8-9,15,17H,2,6-7,10-13H2,1H3/t15-/m0/s1. The van der Waals surface area contributed by atoms with Gasteiger partial charge in [-0.25, -0.2) is 0 Å². The molecule has 3 nitrogen and oxygen atoms in total. The highest BCUT2D eigenvalue weighted by Crippen LogP contribution is 2.13. The summed E-state index contributed by atoms with van der Waals surface area (Å²) in [7, 11) is 0. The smallest absolute Gasteiger partial charge is 0.240 e. The molecule has 104 valence electrons. The quantitative estimate of drug-likeness (QED) is 0.882. The van der Waals surface area contributed by atoms with Crippen LogP contribution in [0.5, 0.6) is 0 Å².